The molecule has 0 fully saturated rings. The lowest BCUT2D eigenvalue weighted by Crippen LogP contribution is -2.10. The van der Waals surface area contributed by atoms with E-state index in [0.29, 0.717) is 0 Å². The van der Waals surface area contributed by atoms with Crippen molar-refractivity contribution < 1.29 is 0 Å². The van der Waals surface area contributed by atoms with Gasteiger partial charge in [-0.1, -0.05) is 11.3 Å². The Morgan fingerprint density at radius 1 is 1.38 bits per heavy atom. The zero-order chi connectivity index (χ0) is 11.5. The molecular weight excluding hydrogens is 242 g/mol. The summed E-state index contributed by atoms with van der Waals surface area (Å²) in [5.41, 5.74) is 0.917. The van der Waals surface area contributed by atoms with Gasteiger partial charge in [-0.3, -0.25) is 0 Å². The van der Waals surface area contributed by atoms with Crippen LogP contribution in [0.1, 0.15) is 5.01 Å². The van der Waals surface area contributed by atoms with Gasteiger partial charge in [-0.05, 0) is 14.1 Å². The molecule has 16 heavy (non-hydrogen) atoms. The van der Waals surface area contributed by atoms with Crippen molar-refractivity contribution in [1.82, 2.24) is 20.1 Å². The van der Waals surface area contributed by atoms with Gasteiger partial charge in [0.15, 0.2) is 5.01 Å². The smallest absolute Gasteiger partial charge is 0.205 e. The van der Waals surface area contributed by atoms with Crippen LogP contribution in [-0.4, -0.2) is 41.2 Å². The zero-order valence-corrected chi connectivity index (χ0v) is 11.0. The van der Waals surface area contributed by atoms with Crippen molar-refractivity contribution in [2.24, 2.45) is 0 Å². The molecule has 0 unspecified atom stereocenters. The van der Waals surface area contributed by atoms with E-state index in [-0.39, 0.29) is 0 Å². The molecule has 2 aromatic rings. The van der Waals surface area contributed by atoms with Crippen molar-refractivity contribution in [3.63, 3.8) is 0 Å². The number of anilines is 1. The first kappa shape index (κ1) is 11.4. The lowest BCUT2D eigenvalue weighted by molar-refractivity contribution is 0.402. The Balaban J connectivity index is 2.17. The number of thiazole rings is 1. The second-order valence-electron chi connectivity index (χ2n) is 3.53. The van der Waals surface area contributed by atoms with E-state index in [1.54, 1.807) is 11.3 Å². The lowest BCUT2D eigenvalue weighted by atomic mass is 10.5. The van der Waals surface area contributed by atoms with Crippen LogP contribution in [0.15, 0.2) is 5.38 Å². The second-order valence-corrected chi connectivity index (χ2v) is 5.45. The maximum atomic E-state index is 4.53. The fourth-order valence-electron chi connectivity index (χ4n) is 1.18. The van der Waals surface area contributed by atoms with E-state index in [0.717, 1.165) is 27.4 Å². The van der Waals surface area contributed by atoms with Crippen molar-refractivity contribution in [2.45, 2.75) is 6.54 Å². The topological polar surface area (TPSA) is 53.9 Å². The van der Waals surface area contributed by atoms with Gasteiger partial charge < -0.3 is 10.2 Å². The quantitative estimate of drug-likeness (QED) is 0.902. The van der Waals surface area contributed by atoms with Gasteiger partial charge in [0, 0.05) is 19.0 Å². The highest BCUT2D eigenvalue weighted by atomic mass is 32.1. The van der Waals surface area contributed by atoms with E-state index in [4.69, 9.17) is 0 Å². The summed E-state index contributed by atoms with van der Waals surface area (Å²) in [6.45, 7) is 0.863. The molecule has 0 aliphatic heterocycles. The molecule has 5 nitrogen and oxygen atoms in total. The summed E-state index contributed by atoms with van der Waals surface area (Å²) < 4.78 is 0. The van der Waals surface area contributed by atoms with Crippen LogP contribution in [0, 0.1) is 0 Å². The minimum atomic E-state index is 0.817. The van der Waals surface area contributed by atoms with Gasteiger partial charge in [-0.2, -0.15) is 0 Å². The molecule has 0 aliphatic carbocycles. The van der Waals surface area contributed by atoms with Gasteiger partial charge in [-0.15, -0.1) is 21.5 Å². The zero-order valence-electron chi connectivity index (χ0n) is 9.39. The molecule has 0 aliphatic rings. The first-order valence-electron chi connectivity index (χ1n) is 4.80. The second kappa shape index (κ2) is 4.86. The van der Waals surface area contributed by atoms with E-state index in [9.17, 15) is 0 Å². The minimum absolute atomic E-state index is 0.817. The predicted molar refractivity (Wildman–Crippen MR) is 68.0 cm³/mol. The van der Waals surface area contributed by atoms with E-state index >= 15 is 0 Å². The molecule has 86 valence electrons. The van der Waals surface area contributed by atoms with Crippen LogP contribution in [0.5, 0.6) is 0 Å². The van der Waals surface area contributed by atoms with E-state index < -0.39 is 0 Å². The summed E-state index contributed by atoms with van der Waals surface area (Å²) in [7, 11) is 5.90. The largest absolute Gasteiger partial charge is 0.363 e. The highest BCUT2D eigenvalue weighted by Gasteiger charge is 2.10. The molecule has 0 radical (unpaired) electrons. The van der Waals surface area contributed by atoms with Gasteiger partial charge in [0.05, 0.1) is 0 Å². The van der Waals surface area contributed by atoms with Gasteiger partial charge >= 0.3 is 0 Å². The Morgan fingerprint density at radius 2 is 2.19 bits per heavy atom. The SMILES string of the molecule is CNc1nnc(-c2csc(CN(C)C)n2)s1. The minimum Gasteiger partial charge on any atom is -0.363 e. The molecule has 0 atom stereocenters. The Morgan fingerprint density at radius 3 is 2.81 bits per heavy atom. The van der Waals surface area contributed by atoms with Crippen molar-refractivity contribution >= 4 is 27.8 Å². The van der Waals surface area contributed by atoms with Crippen LogP contribution in [0.3, 0.4) is 0 Å². The Kier molecular flexibility index (Phi) is 3.47. The van der Waals surface area contributed by atoms with Crippen molar-refractivity contribution in [3.05, 3.63) is 10.4 Å². The van der Waals surface area contributed by atoms with Crippen LogP contribution in [0.25, 0.3) is 10.7 Å². The number of nitrogens with zero attached hydrogens (tertiary/aromatic N) is 4. The fourth-order valence-corrected chi connectivity index (χ4v) is 2.81. The highest BCUT2D eigenvalue weighted by molar-refractivity contribution is 7.18. The summed E-state index contributed by atoms with van der Waals surface area (Å²) >= 11 is 3.17. The summed E-state index contributed by atoms with van der Waals surface area (Å²) in [6, 6.07) is 0. The molecule has 0 aromatic carbocycles. The maximum absolute atomic E-state index is 4.53. The Bertz CT molecular complexity index is 462. The third kappa shape index (κ3) is 2.55. The number of nitrogens with one attached hydrogen (secondary N) is 1. The van der Waals surface area contributed by atoms with Crippen molar-refractivity contribution in [2.75, 3.05) is 26.5 Å². The van der Waals surface area contributed by atoms with Crippen LogP contribution >= 0.6 is 22.7 Å². The van der Waals surface area contributed by atoms with Crippen molar-refractivity contribution in [1.29, 1.82) is 0 Å². The number of aromatic nitrogens is 3. The highest BCUT2D eigenvalue weighted by Crippen LogP contribution is 2.27. The van der Waals surface area contributed by atoms with Crippen LogP contribution in [0.4, 0.5) is 5.13 Å². The third-order valence-corrected chi connectivity index (χ3v) is 3.66. The number of hydrogen-bond acceptors (Lipinski definition) is 7. The first-order valence-corrected chi connectivity index (χ1v) is 6.49. The summed E-state index contributed by atoms with van der Waals surface area (Å²) in [4.78, 5) is 6.62. The number of rotatable bonds is 4. The fraction of sp³-hybridized carbons (Fsp3) is 0.444. The van der Waals surface area contributed by atoms with Crippen LogP contribution in [-0.2, 0) is 6.54 Å². The molecule has 0 saturated heterocycles. The predicted octanol–water partition coefficient (Wildman–Crippen LogP) is 1.76. The van der Waals surface area contributed by atoms with Gasteiger partial charge in [0.1, 0.15) is 10.7 Å². The standard InChI is InChI=1S/C9H13N5S2/c1-10-9-13-12-8(16-9)6-5-15-7(11-6)4-14(2)3/h5H,4H2,1-3H3,(H,10,13). The van der Waals surface area contributed by atoms with Gasteiger partial charge in [0.2, 0.25) is 5.13 Å². The third-order valence-electron chi connectivity index (χ3n) is 1.86. The molecule has 0 saturated carbocycles. The monoisotopic (exact) mass is 255 g/mol. The summed E-state index contributed by atoms with van der Waals surface area (Å²) in [6.07, 6.45) is 0. The molecule has 0 spiro atoms. The molecular formula is C9H13N5S2. The Labute approximate surface area is 102 Å². The summed E-state index contributed by atoms with van der Waals surface area (Å²) in [5.74, 6) is 0. The van der Waals surface area contributed by atoms with Crippen LogP contribution in [0.2, 0.25) is 0 Å². The maximum Gasteiger partial charge on any atom is 0.205 e. The van der Waals surface area contributed by atoms with E-state index in [1.807, 2.05) is 26.5 Å². The molecule has 7 heteroatoms. The average molecular weight is 255 g/mol. The van der Waals surface area contributed by atoms with E-state index in [2.05, 4.69) is 25.4 Å². The first-order chi connectivity index (χ1) is 7.69. The Hall–Kier alpha value is -1.05. The molecule has 0 amide bonds. The molecule has 1 N–H and O–H groups in total. The van der Waals surface area contributed by atoms with Crippen LogP contribution < -0.4 is 5.32 Å². The molecule has 2 aromatic heterocycles. The van der Waals surface area contributed by atoms with E-state index in [1.165, 1.54) is 11.3 Å². The normalized spacial score (nSPS) is 11.0. The van der Waals surface area contributed by atoms with Crippen molar-refractivity contribution in [3.8, 4) is 10.7 Å². The molecule has 2 rings (SSSR count). The molecule has 0 bridgehead atoms. The number of hydrogen-bond donors (Lipinski definition) is 1. The molecule has 2 heterocycles. The van der Waals surface area contributed by atoms with Gasteiger partial charge in [-0.25, -0.2) is 4.98 Å². The van der Waals surface area contributed by atoms with Gasteiger partial charge in [0.25, 0.3) is 0 Å². The average Bonchev–Trinajstić information content (AvgIpc) is 2.83. The summed E-state index contributed by atoms with van der Waals surface area (Å²) in [5, 5.41) is 15.9. The lowest BCUT2D eigenvalue weighted by Gasteiger charge is -2.04.